The Morgan fingerprint density at radius 3 is 2.59 bits per heavy atom. The second-order valence-electron chi connectivity index (χ2n) is 8.15. The normalized spacial score (nSPS) is 33.3. The Morgan fingerprint density at radius 2 is 1.77 bits per heavy atom. The molecule has 1 fully saturated rings. The fourth-order valence-electron chi connectivity index (χ4n) is 5.45. The highest BCUT2D eigenvalue weighted by Gasteiger charge is 2.53. The van der Waals surface area contributed by atoms with E-state index in [0.717, 1.165) is 5.92 Å². The maximum atomic E-state index is 3.98. The van der Waals surface area contributed by atoms with Gasteiger partial charge in [-0.1, -0.05) is 73.1 Å². The van der Waals surface area contributed by atoms with Crippen molar-refractivity contribution in [2.45, 2.75) is 56.7 Å². The van der Waals surface area contributed by atoms with Gasteiger partial charge in [-0.05, 0) is 64.3 Å². The molecule has 116 valence electrons. The molecule has 4 rings (SSSR count). The third-order valence-electron chi connectivity index (χ3n) is 6.73. The number of alkyl halides is 1. The molecule has 0 aromatic heterocycles. The first-order valence-corrected chi connectivity index (χ1v) is 9.51. The SMILES string of the molecule is CC1(C)[C@@H](Br)CC[C@]2(C)c3ccc4ccccc4c3CC[C@@H]12. The van der Waals surface area contributed by atoms with Gasteiger partial charge in [-0.3, -0.25) is 0 Å². The molecule has 1 heteroatoms. The average Bonchev–Trinajstić information content (AvgIpc) is 2.51. The molecular formula is C21H25Br. The van der Waals surface area contributed by atoms with Crippen LogP contribution in [0.4, 0.5) is 0 Å². The summed E-state index contributed by atoms with van der Waals surface area (Å²) in [5.41, 5.74) is 3.97. The second-order valence-corrected chi connectivity index (χ2v) is 9.25. The second kappa shape index (κ2) is 4.84. The number of fused-ring (bicyclic) bond motifs is 5. The largest absolute Gasteiger partial charge is 0.0885 e. The Morgan fingerprint density at radius 1 is 1.00 bits per heavy atom. The van der Waals surface area contributed by atoms with Crippen LogP contribution in [0.25, 0.3) is 10.8 Å². The standard InChI is InChI=1S/C21H25Br/c1-20(2)18-11-9-16-15-7-5-4-6-14(15)8-10-17(16)21(18,3)13-12-19(20)22/h4-8,10,18-19H,9,11-13H2,1-3H3/t18-,19-,21+/m0/s1. The number of rotatable bonds is 0. The van der Waals surface area contributed by atoms with E-state index in [1.165, 1.54) is 36.5 Å². The van der Waals surface area contributed by atoms with E-state index >= 15 is 0 Å². The highest BCUT2D eigenvalue weighted by atomic mass is 79.9. The van der Waals surface area contributed by atoms with Gasteiger partial charge in [-0.15, -0.1) is 0 Å². The van der Waals surface area contributed by atoms with E-state index in [-0.39, 0.29) is 0 Å². The van der Waals surface area contributed by atoms with Crippen LogP contribution in [0.3, 0.4) is 0 Å². The molecule has 22 heavy (non-hydrogen) atoms. The third kappa shape index (κ3) is 1.87. The average molecular weight is 357 g/mol. The predicted molar refractivity (Wildman–Crippen MR) is 98.8 cm³/mol. The molecule has 0 spiro atoms. The first-order chi connectivity index (χ1) is 10.4. The monoisotopic (exact) mass is 356 g/mol. The zero-order valence-corrected chi connectivity index (χ0v) is 15.4. The lowest BCUT2D eigenvalue weighted by Gasteiger charge is -2.56. The van der Waals surface area contributed by atoms with E-state index < -0.39 is 0 Å². The molecule has 0 N–H and O–H groups in total. The molecule has 2 aliphatic carbocycles. The maximum Gasteiger partial charge on any atom is 0.0200 e. The van der Waals surface area contributed by atoms with Crippen molar-refractivity contribution in [3.63, 3.8) is 0 Å². The van der Waals surface area contributed by atoms with Crippen LogP contribution < -0.4 is 0 Å². The van der Waals surface area contributed by atoms with E-state index in [1.54, 1.807) is 11.1 Å². The minimum absolute atomic E-state index is 0.339. The summed E-state index contributed by atoms with van der Waals surface area (Å²) < 4.78 is 0. The van der Waals surface area contributed by atoms with Gasteiger partial charge in [-0.2, -0.15) is 0 Å². The van der Waals surface area contributed by atoms with Crippen molar-refractivity contribution in [2.75, 3.05) is 0 Å². The van der Waals surface area contributed by atoms with Crippen LogP contribution in [0.2, 0.25) is 0 Å². The van der Waals surface area contributed by atoms with Crippen molar-refractivity contribution >= 4 is 26.7 Å². The van der Waals surface area contributed by atoms with Gasteiger partial charge in [0, 0.05) is 4.83 Å². The molecule has 0 aliphatic heterocycles. The molecule has 2 aromatic carbocycles. The van der Waals surface area contributed by atoms with Crippen molar-refractivity contribution in [1.29, 1.82) is 0 Å². The van der Waals surface area contributed by atoms with Crippen molar-refractivity contribution in [3.8, 4) is 0 Å². The van der Waals surface area contributed by atoms with Crippen LogP contribution in [-0.4, -0.2) is 4.83 Å². The van der Waals surface area contributed by atoms with Gasteiger partial charge >= 0.3 is 0 Å². The van der Waals surface area contributed by atoms with Crippen molar-refractivity contribution in [1.82, 2.24) is 0 Å². The van der Waals surface area contributed by atoms with Crippen molar-refractivity contribution in [3.05, 3.63) is 47.5 Å². The summed E-state index contributed by atoms with van der Waals surface area (Å²) in [6.07, 6.45) is 5.15. The Balaban J connectivity index is 1.92. The maximum absolute atomic E-state index is 3.98. The van der Waals surface area contributed by atoms with Gasteiger partial charge in [0.25, 0.3) is 0 Å². The van der Waals surface area contributed by atoms with Gasteiger partial charge < -0.3 is 0 Å². The summed E-state index contributed by atoms with van der Waals surface area (Å²) in [4.78, 5) is 0.653. The third-order valence-corrected chi connectivity index (χ3v) is 8.37. The highest BCUT2D eigenvalue weighted by Crippen LogP contribution is 2.59. The molecule has 3 atom stereocenters. The van der Waals surface area contributed by atoms with Crippen LogP contribution in [0.15, 0.2) is 36.4 Å². The van der Waals surface area contributed by atoms with E-state index in [0.29, 0.717) is 15.7 Å². The van der Waals surface area contributed by atoms with Gasteiger partial charge in [0.15, 0.2) is 0 Å². The Labute approximate surface area is 142 Å². The number of hydrogen-bond acceptors (Lipinski definition) is 0. The lowest BCUT2D eigenvalue weighted by molar-refractivity contribution is 0.0495. The summed E-state index contributed by atoms with van der Waals surface area (Å²) in [6, 6.07) is 13.7. The fraction of sp³-hybridized carbons (Fsp3) is 0.524. The van der Waals surface area contributed by atoms with Gasteiger partial charge in [0.1, 0.15) is 0 Å². The predicted octanol–water partition coefficient (Wildman–Crippen LogP) is 6.24. The van der Waals surface area contributed by atoms with Gasteiger partial charge in [0.05, 0.1) is 0 Å². The minimum atomic E-state index is 0.339. The first kappa shape index (κ1) is 14.8. The fourth-order valence-corrected chi connectivity index (χ4v) is 6.00. The topological polar surface area (TPSA) is 0 Å². The molecule has 0 nitrogen and oxygen atoms in total. The van der Waals surface area contributed by atoms with E-state index in [2.05, 4.69) is 73.1 Å². The number of hydrogen-bond donors (Lipinski definition) is 0. The van der Waals surface area contributed by atoms with Crippen LogP contribution >= 0.6 is 15.9 Å². The number of halogens is 1. The lowest BCUT2D eigenvalue weighted by atomic mass is 9.50. The summed E-state index contributed by atoms with van der Waals surface area (Å²) >= 11 is 3.98. The quantitative estimate of drug-likeness (QED) is 0.489. The van der Waals surface area contributed by atoms with Gasteiger partial charge in [-0.25, -0.2) is 0 Å². The Bertz CT molecular complexity index is 730. The van der Waals surface area contributed by atoms with Crippen LogP contribution in [0, 0.1) is 11.3 Å². The Hall–Kier alpha value is -0.820. The minimum Gasteiger partial charge on any atom is -0.0885 e. The summed E-state index contributed by atoms with van der Waals surface area (Å²) in [6.45, 7) is 7.48. The molecule has 2 aromatic rings. The number of aryl methyl sites for hydroxylation is 1. The van der Waals surface area contributed by atoms with E-state index in [4.69, 9.17) is 0 Å². The summed E-state index contributed by atoms with van der Waals surface area (Å²) in [7, 11) is 0. The van der Waals surface area contributed by atoms with Crippen LogP contribution in [0.5, 0.6) is 0 Å². The molecule has 0 saturated heterocycles. The van der Waals surface area contributed by atoms with Gasteiger partial charge in [0.2, 0.25) is 0 Å². The van der Waals surface area contributed by atoms with Crippen LogP contribution in [-0.2, 0) is 11.8 Å². The summed E-state index contributed by atoms with van der Waals surface area (Å²) in [5, 5.41) is 2.88. The molecule has 0 heterocycles. The molecule has 0 amide bonds. The zero-order chi connectivity index (χ0) is 15.5. The lowest BCUT2D eigenvalue weighted by Crippen LogP contribution is -2.52. The van der Waals surface area contributed by atoms with Crippen molar-refractivity contribution in [2.24, 2.45) is 11.3 Å². The molecular weight excluding hydrogens is 332 g/mol. The molecule has 0 bridgehead atoms. The molecule has 2 aliphatic rings. The number of benzene rings is 2. The Kier molecular flexibility index (Phi) is 3.24. The highest BCUT2D eigenvalue weighted by molar-refractivity contribution is 9.09. The molecule has 1 saturated carbocycles. The first-order valence-electron chi connectivity index (χ1n) is 8.60. The smallest absolute Gasteiger partial charge is 0.0200 e. The molecule has 0 unspecified atom stereocenters. The molecule has 0 radical (unpaired) electrons. The van der Waals surface area contributed by atoms with Crippen molar-refractivity contribution < 1.29 is 0 Å². The van der Waals surface area contributed by atoms with E-state index in [1.807, 2.05) is 0 Å². The summed E-state index contributed by atoms with van der Waals surface area (Å²) in [5.74, 6) is 0.770. The van der Waals surface area contributed by atoms with E-state index in [9.17, 15) is 0 Å². The van der Waals surface area contributed by atoms with Crippen LogP contribution in [0.1, 0.15) is 51.2 Å². The zero-order valence-electron chi connectivity index (χ0n) is 13.8.